The van der Waals surface area contributed by atoms with Crippen LogP contribution in [-0.2, 0) is 13.0 Å². The van der Waals surface area contributed by atoms with E-state index in [1.807, 2.05) is 13.0 Å². The molecule has 0 amide bonds. The summed E-state index contributed by atoms with van der Waals surface area (Å²) in [4.78, 5) is 0. The van der Waals surface area contributed by atoms with E-state index in [2.05, 4.69) is 29.3 Å². The number of ether oxygens (including phenoxy) is 1. The van der Waals surface area contributed by atoms with Crippen LogP contribution < -0.4 is 10.5 Å². The lowest BCUT2D eigenvalue weighted by Gasteiger charge is -2.10. The zero-order valence-corrected chi connectivity index (χ0v) is 11.1. The van der Waals surface area contributed by atoms with Gasteiger partial charge in [-0.05, 0) is 36.6 Å². The molecule has 0 aliphatic carbocycles. The van der Waals surface area contributed by atoms with Crippen LogP contribution >= 0.6 is 0 Å². The van der Waals surface area contributed by atoms with E-state index in [1.165, 1.54) is 5.56 Å². The maximum absolute atomic E-state index is 5.72. The van der Waals surface area contributed by atoms with E-state index in [9.17, 15) is 0 Å². The first-order valence-corrected chi connectivity index (χ1v) is 6.12. The van der Waals surface area contributed by atoms with Crippen LogP contribution in [0.25, 0.3) is 11.1 Å². The minimum absolute atomic E-state index is 0.438. The number of aryl methyl sites for hydroxylation is 2. The van der Waals surface area contributed by atoms with Gasteiger partial charge in [-0.3, -0.25) is 5.10 Å². The first-order chi connectivity index (χ1) is 8.71. The smallest absolute Gasteiger partial charge is 0.122 e. The molecule has 0 aliphatic heterocycles. The normalized spacial score (nSPS) is 10.7. The number of methoxy groups -OCH3 is 1. The van der Waals surface area contributed by atoms with Crippen molar-refractivity contribution in [2.45, 2.75) is 26.8 Å². The standard InChI is InChI=1S/C14H19N3O/c1-4-10-7-11(5-6-13(10)18-3)14-9(2)16-17-12(14)8-15/h5-7H,4,8,15H2,1-3H3,(H,16,17). The van der Waals surface area contributed by atoms with Gasteiger partial charge in [-0.15, -0.1) is 0 Å². The molecular weight excluding hydrogens is 226 g/mol. The summed E-state index contributed by atoms with van der Waals surface area (Å²) in [7, 11) is 1.70. The molecule has 0 radical (unpaired) electrons. The summed E-state index contributed by atoms with van der Waals surface area (Å²) in [6.07, 6.45) is 0.936. The van der Waals surface area contributed by atoms with Crippen LogP contribution in [0.1, 0.15) is 23.9 Å². The van der Waals surface area contributed by atoms with Crippen LogP contribution in [0, 0.1) is 6.92 Å². The third-order valence-corrected chi connectivity index (χ3v) is 3.17. The fourth-order valence-electron chi connectivity index (χ4n) is 2.22. The highest BCUT2D eigenvalue weighted by Gasteiger charge is 2.12. The molecule has 96 valence electrons. The quantitative estimate of drug-likeness (QED) is 0.869. The van der Waals surface area contributed by atoms with Crippen molar-refractivity contribution in [1.29, 1.82) is 0 Å². The Morgan fingerprint density at radius 1 is 1.39 bits per heavy atom. The monoisotopic (exact) mass is 245 g/mol. The number of aromatic amines is 1. The summed E-state index contributed by atoms with van der Waals surface area (Å²) in [5, 5.41) is 7.22. The van der Waals surface area contributed by atoms with E-state index in [1.54, 1.807) is 7.11 Å². The molecule has 0 unspecified atom stereocenters. The molecule has 18 heavy (non-hydrogen) atoms. The summed E-state index contributed by atoms with van der Waals surface area (Å²) in [6, 6.07) is 6.20. The second-order valence-corrected chi connectivity index (χ2v) is 4.25. The van der Waals surface area contributed by atoms with Crippen molar-refractivity contribution in [3.05, 3.63) is 35.2 Å². The third-order valence-electron chi connectivity index (χ3n) is 3.17. The predicted octanol–water partition coefficient (Wildman–Crippen LogP) is 2.41. The Kier molecular flexibility index (Phi) is 3.67. The molecule has 1 aromatic heterocycles. The van der Waals surface area contributed by atoms with Crippen LogP contribution in [-0.4, -0.2) is 17.3 Å². The first kappa shape index (κ1) is 12.6. The summed E-state index contributed by atoms with van der Waals surface area (Å²) < 4.78 is 5.35. The van der Waals surface area contributed by atoms with E-state index in [4.69, 9.17) is 10.5 Å². The van der Waals surface area contributed by atoms with Crippen LogP contribution in [0.5, 0.6) is 5.75 Å². The van der Waals surface area contributed by atoms with Gasteiger partial charge in [0.25, 0.3) is 0 Å². The largest absolute Gasteiger partial charge is 0.496 e. The molecular formula is C14H19N3O. The third kappa shape index (κ3) is 2.11. The number of hydrogen-bond donors (Lipinski definition) is 2. The molecule has 4 heteroatoms. The lowest BCUT2D eigenvalue weighted by Crippen LogP contribution is -1.99. The highest BCUT2D eigenvalue weighted by Crippen LogP contribution is 2.30. The Morgan fingerprint density at radius 2 is 2.17 bits per heavy atom. The molecule has 2 aromatic rings. The zero-order valence-electron chi connectivity index (χ0n) is 11.1. The first-order valence-electron chi connectivity index (χ1n) is 6.12. The summed E-state index contributed by atoms with van der Waals surface area (Å²) >= 11 is 0. The highest BCUT2D eigenvalue weighted by atomic mass is 16.5. The molecule has 0 bridgehead atoms. The maximum atomic E-state index is 5.72. The SMILES string of the molecule is CCc1cc(-c2c(CN)n[nH]c2C)ccc1OC. The summed E-state index contributed by atoms with van der Waals surface area (Å²) in [6.45, 7) is 4.57. The molecule has 3 N–H and O–H groups in total. The van der Waals surface area contributed by atoms with Gasteiger partial charge in [0.15, 0.2) is 0 Å². The molecule has 1 heterocycles. The highest BCUT2D eigenvalue weighted by molar-refractivity contribution is 5.70. The molecule has 0 saturated heterocycles. The van der Waals surface area contributed by atoms with Gasteiger partial charge in [-0.25, -0.2) is 0 Å². The number of nitrogens with one attached hydrogen (secondary N) is 1. The van der Waals surface area contributed by atoms with Crippen molar-refractivity contribution in [2.24, 2.45) is 5.73 Å². The van der Waals surface area contributed by atoms with Crippen molar-refractivity contribution in [2.75, 3.05) is 7.11 Å². The fourth-order valence-corrected chi connectivity index (χ4v) is 2.22. The number of rotatable bonds is 4. The zero-order chi connectivity index (χ0) is 13.1. The van der Waals surface area contributed by atoms with Gasteiger partial charge in [0.1, 0.15) is 5.75 Å². The molecule has 4 nitrogen and oxygen atoms in total. The van der Waals surface area contributed by atoms with Crippen molar-refractivity contribution in [1.82, 2.24) is 10.2 Å². The average Bonchev–Trinajstić information content (AvgIpc) is 2.79. The van der Waals surface area contributed by atoms with Crippen LogP contribution in [0.2, 0.25) is 0 Å². The Morgan fingerprint density at radius 3 is 2.78 bits per heavy atom. The summed E-state index contributed by atoms with van der Waals surface area (Å²) in [5.74, 6) is 0.927. The minimum Gasteiger partial charge on any atom is -0.496 e. The van der Waals surface area contributed by atoms with Crippen molar-refractivity contribution >= 4 is 0 Å². The van der Waals surface area contributed by atoms with Gasteiger partial charge in [-0.2, -0.15) is 5.10 Å². The number of nitrogens with two attached hydrogens (primary N) is 1. The Bertz CT molecular complexity index is 546. The van der Waals surface area contributed by atoms with Crippen molar-refractivity contribution in [3.8, 4) is 16.9 Å². The lowest BCUT2D eigenvalue weighted by molar-refractivity contribution is 0.410. The van der Waals surface area contributed by atoms with Gasteiger partial charge < -0.3 is 10.5 Å². The Balaban J connectivity index is 2.54. The van der Waals surface area contributed by atoms with Gasteiger partial charge in [-0.1, -0.05) is 13.0 Å². The van der Waals surface area contributed by atoms with Gasteiger partial charge in [0.05, 0.1) is 12.8 Å². The van der Waals surface area contributed by atoms with Crippen LogP contribution in [0.4, 0.5) is 0 Å². The number of H-pyrrole nitrogens is 1. The van der Waals surface area contributed by atoms with E-state index in [-0.39, 0.29) is 0 Å². The number of benzene rings is 1. The Labute approximate surface area is 107 Å². The molecule has 0 saturated carbocycles. The van der Waals surface area contributed by atoms with Gasteiger partial charge in [0.2, 0.25) is 0 Å². The maximum Gasteiger partial charge on any atom is 0.122 e. The van der Waals surface area contributed by atoms with E-state index in [0.29, 0.717) is 6.54 Å². The molecule has 1 aromatic carbocycles. The predicted molar refractivity (Wildman–Crippen MR) is 72.6 cm³/mol. The van der Waals surface area contributed by atoms with Crippen molar-refractivity contribution < 1.29 is 4.74 Å². The number of hydrogen-bond acceptors (Lipinski definition) is 3. The fraction of sp³-hybridized carbons (Fsp3) is 0.357. The topological polar surface area (TPSA) is 63.9 Å². The minimum atomic E-state index is 0.438. The Hall–Kier alpha value is -1.81. The molecule has 0 aliphatic rings. The number of nitrogens with zero attached hydrogens (tertiary/aromatic N) is 1. The second-order valence-electron chi connectivity index (χ2n) is 4.25. The lowest BCUT2D eigenvalue weighted by atomic mass is 9.99. The van der Waals surface area contributed by atoms with Crippen molar-refractivity contribution in [3.63, 3.8) is 0 Å². The number of aromatic nitrogens is 2. The van der Waals surface area contributed by atoms with Gasteiger partial charge >= 0.3 is 0 Å². The average molecular weight is 245 g/mol. The second kappa shape index (κ2) is 5.23. The van der Waals surface area contributed by atoms with Crippen LogP contribution in [0.3, 0.4) is 0 Å². The molecule has 0 atom stereocenters. The summed E-state index contributed by atoms with van der Waals surface area (Å²) in [5.41, 5.74) is 11.1. The van der Waals surface area contributed by atoms with Crippen LogP contribution in [0.15, 0.2) is 18.2 Å². The van der Waals surface area contributed by atoms with Gasteiger partial charge in [0, 0.05) is 17.8 Å². The van der Waals surface area contributed by atoms with E-state index >= 15 is 0 Å². The van der Waals surface area contributed by atoms with E-state index in [0.717, 1.165) is 34.7 Å². The molecule has 0 fully saturated rings. The molecule has 2 rings (SSSR count). The van der Waals surface area contributed by atoms with E-state index < -0.39 is 0 Å². The molecule has 0 spiro atoms.